The lowest BCUT2D eigenvalue weighted by molar-refractivity contribution is 0.563. The van der Waals surface area contributed by atoms with Crippen molar-refractivity contribution in [1.29, 1.82) is 0 Å². The summed E-state index contributed by atoms with van der Waals surface area (Å²) in [4.78, 5) is 0. The van der Waals surface area contributed by atoms with E-state index in [-0.39, 0.29) is 0 Å². The molecule has 8 heteroatoms. The Morgan fingerprint density at radius 2 is 2.14 bits per heavy atom. The van der Waals surface area contributed by atoms with Gasteiger partial charge in [0.1, 0.15) is 4.21 Å². The van der Waals surface area contributed by atoms with Crippen molar-refractivity contribution in [3.63, 3.8) is 0 Å². The second-order valence-electron chi connectivity index (χ2n) is 4.31. The van der Waals surface area contributed by atoms with Crippen molar-refractivity contribution >= 4 is 32.7 Å². The molecule has 0 aliphatic carbocycles. The molecule has 0 unspecified atom stereocenters. The number of rotatable bonds is 6. The minimum absolute atomic E-state index is 0.311. The van der Waals surface area contributed by atoms with Gasteiger partial charge in [0.05, 0.1) is 12.2 Å². The van der Waals surface area contributed by atoms with Crippen molar-refractivity contribution in [2.75, 3.05) is 6.54 Å². The molecule has 3 aromatic heterocycles. The van der Waals surface area contributed by atoms with Crippen LogP contribution in [0.15, 0.2) is 50.8 Å². The maximum atomic E-state index is 11.9. The predicted octanol–water partition coefficient (Wildman–Crippen LogP) is 2.65. The van der Waals surface area contributed by atoms with Crippen molar-refractivity contribution in [3.8, 4) is 11.3 Å². The minimum Gasteiger partial charge on any atom is -0.271 e. The molecule has 5 nitrogen and oxygen atoms in total. The van der Waals surface area contributed by atoms with Gasteiger partial charge < -0.3 is 0 Å². The van der Waals surface area contributed by atoms with Crippen LogP contribution >= 0.6 is 22.7 Å². The summed E-state index contributed by atoms with van der Waals surface area (Å²) in [6.07, 6.45) is 1.85. The van der Waals surface area contributed by atoms with Gasteiger partial charge in [-0.05, 0) is 29.0 Å². The van der Waals surface area contributed by atoms with Crippen LogP contribution in [0.4, 0.5) is 0 Å². The van der Waals surface area contributed by atoms with Gasteiger partial charge in [0.2, 0.25) is 10.0 Å². The van der Waals surface area contributed by atoms with Gasteiger partial charge in [-0.1, -0.05) is 6.07 Å². The Hall–Kier alpha value is -1.48. The molecule has 0 atom stereocenters. The lowest BCUT2D eigenvalue weighted by atomic mass is 10.2. The molecule has 0 aromatic carbocycles. The number of aromatic nitrogens is 2. The van der Waals surface area contributed by atoms with Crippen molar-refractivity contribution in [2.45, 2.75) is 10.8 Å². The van der Waals surface area contributed by atoms with E-state index in [0.717, 1.165) is 11.3 Å². The van der Waals surface area contributed by atoms with Gasteiger partial charge in [-0.15, -0.1) is 11.3 Å². The highest BCUT2D eigenvalue weighted by Crippen LogP contribution is 2.19. The maximum Gasteiger partial charge on any atom is 0.250 e. The number of hydrogen-bond donors (Lipinski definition) is 1. The first-order valence-electron chi connectivity index (χ1n) is 6.24. The summed E-state index contributed by atoms with van der Waals surface area (Å²) in [5, 5.41) is 10.2. The molecule has 0 fully saturated rings. The van der Waals surface area contributed by atoms with E-state index in [4.69, 9.17) is 0 Å². The van der Waals surface area contributed by atoms with Crippen LogP contribution < -0.4 is 4.72 Å². The summed E-state index contributed by atoms with van der Waals surface area (Å²) in [6, 6.07) is 7.25. The van der Waals surface area contributed by atoms with Gasteiger partial charge in [0.15, 0.2) is 0 Å². The fourth-order valence-electron chi connectivity index (χ4n) is 1.83. The summed E-state index contributed by atoms with van der Waals surface area (Å²) < 4.78 is 28.5. The molecule has 1 N–H and O–H groups in total. The zero-order valence-corrected chi connectivity index (χ0v) is 13.4. The van der Waals surface area contributed by atoms with E-state index in [1.807, 2.05) is 29.1 Å². The fraction of sp³-hybridized carbons (Fsp3) is 0.154. The number of hydrogen-bond acceptors (Lipinski definition) is 5. The standard InChI is InChI=1S/C13H13N3O2S3/c17-21(18,13-2-1-8-20-13)14-5-7-16-6-3-12(15-16)11-4-9-19-10-11/h1-4,6,8-10,14H,5,7H2. The van der Waals surface area contributed by atoms with E-state index in [1.54, 1.807) is 33.5 Å². The van der Waals surface area contributed by atoms with Crippen LogP contribution in [0.2, 0.25) is 0 Å². The van der Waals surface area contributed by atoms with Crippen molar-refractivity contribution in [1.82, 2.24) is 14.5 Å². The highest BCUT2D eigenvalue weighted by atomic mass is 32.2. The molecule has 0 amide bonds. The summed E-state index contributed by atoms with van der Waals surface area (Å²) in [7, 11) is -3.39. The average Bonchev–Trinajstić information content (AvgIpc) is 3.20. The van der Waals surface area contributed by atoms with Crippen LogP contribution in [0.1, 0.15) is 0 Å². The average molecular weight is 339 g/mol. The Morgan fingerprint density at radius 1 is 1.24 bits per heavy atom. The van der Waals surface area contributed by atoms with E-state index in [1.165, 1.54) is 11.3 Å². The molecule has 0 saturated carbocycles. The first-order chi connectivity index (χ1) is 10.1. The van der Waals surface area contributed by atoms with Gasteiger partial charge >= 0.3 is 0 Å². The zero-order valence-electron chi connectivity index (χ0n) is 11.0. The number of sulfonamides is 1. The van der Waals surface area contributed by atoms with Crippen LogP contribution in [0.25, 0.3) is 11.3 Å². The van der Waals surface area contributed by atoms with Crippen LogP contribution in [0, 0.1) is 0 Å². The lowest BCUT2D eigenvalue weighted by Gasteiger charge is -2.04. The van der Waals surface area contributed by atoms with E-state index in [9.17, 15) is 8.42 Å². The van der Waals surface area contributed by atoms with E-state index in [0.29, 0.717) is 17.3 Å². The highest BCUT2D eigenvalue weighted by Gasteiger charge is 2.14. The summed E-state index contributed by atoms with van der Waals surface area (Å²) in [6.45, 7) is 0.805. The molecular weight excluding hydrogens is 326 g/mol. The van der Waals surface area contributed by atoms with Gasteiger partial charge in [-0.25, -0.2) is 13.1 Å². The molecule has 0 aliphatic heterocycles. The molecular formula is C13H13N3O2S3. The van der Waals surface area contributed by atoms with Gasteiger partial charge in [-0.2, -0.15) is 16.4 Å². The van der Waals surface area contributed by atoms with Crippen molar-refractivity contribution in [3.05, 3.63) is 46.6 Å². The third kappa shape index (κ3) is 3.41. The van der Waals surface area contributed by atoms with Gasteiger partial charge in [0.25, 0.3) is 0 Å². The number of nitrogens with one attached hydrogen (secondary N) is 1. The lowest BCUT2D eigenvalue weighted by Crippen LogP contribution is -2.26. The molecule has 0 spiro atoms. The van der Waals surface area contributed by atoms with E-state index in [2.05, 4.69) is 9.82 Å². The Kier molecular flexibility index (Phi) is 4.20. The summed E-state index contributed by atoms with van der Waals surface area (Å²) in [5.41, 5.74) is 1.98. The fourth-order valence-corrected chi connectivity index (χ4v) is 4.54. The molecule has 21 heavy (non-hydrogen) atoms. The first kappa shape index (κ1) is 14.5. The second-order valence-corrected chi connectivity index (χ2v) is 8.03. The monoisotopic (exact) mass is 339 g/mol. The number of thiophene rings is 2. The molecule has 0 radical (unpaired) electrons. The molecule has 0 saturated heterocycles. The number of nitrogens with zero attached hydrogens (tertiary/aromatic N) is 2. The van der Waals surface area contributed by atoms with Crippen molar-refractivity contribution < 1.29 is 8.42 Å². The van der Waals surface area contributed by atoms with Crippen LogP contribution in [-0.2, 0) is 16.6 Å². The Morgan fingerprint density at radius 3 is 2.86 bits per heavy atom. The van der Waals surface area contributed by atoms with Crippen LogP contribution in [-0.4, -0.2) is 24.7 Å². The van der Waals surface area contributed by atoms with Crippen LogP contribution in [0.3, 0.4) is 0 Å². The van der Waals surface area contributed by atoms with E-state index < -0.39 is 10.0 Å². The second kappa shape index (κ2) is 6.10. The zero-order chi connectivity index (χ0) is 14.7. The van der Waals surface area contributed by atoms with Gasteiger partial charge in [-0.3, -0.25) is 4.68 Å². The molecule has 3 heterocycles. The smallest absolute Gasteiger partial charge is 0.250 e. The topological polar surface area (TPSA) is 64.0 Å². The molecule has 0 aliphatic rings. The normalized spacial score (nSPS) is 11.8. The molecule has 3 aromatic rings. The Balaban J connectivity index is 1.59. The third-order valence-electron chi connectivity index (χ3n) is 2.85. The SMILES string of the molecule is O=S(=O)(NCCn1ccc(-c2ccsc2)n1)c1cccs1. The first-order valence-corrected chi connectivity index (χ1v) is 9.55. The minimum atomic E-state index is -3.39. The van der Waals surface area contributed by atoms with Gasteiger partial charge in [0, 0.05) is 23.7 Å². The molecule has 3 rings (SSSR count). The Bertz CT molecular complexity index is 790. The maximum absolute atomic E-state index is 11.9. The van der Waals surface area contributed by atoms with Crippen LogP contribution in [0.5, 0.6) is 0 Å². The van der Waals surface area contributed by atoms with Crippen molar-refractivity contribution in [2.24, 2.45) is 0 Å². The predicted molar refractivity (Wildman–Crippen MR) is 85.0 cm³/mol. The molecule has 0 bridgehead atoms. The largest absolute Gasteiger partial charge is 0.271 e. The third-order valence-corrected chi connectivity index (χ3v) is 6.39. The highest BCUT2D eigenvalue weighted by molar-refractivity contribution is 7.91. The summed E-state index contributed by atoms with van der Waals surface area (Å²) >= 11 is 2.83. The quantitative estimate of drug-likeness (QED) is 0.751. The Labute approximate surface area is 130 Å². The van der Waals surface area contributed by atoms with E-state index >= 15 is 0 Å². The summed E-state index contributed by atoms with van der Waals surface area (Å²) in [5.74, 6) is 0. The molecule has 110 valence electrons.